The molecule has 148 valence electrons. The number of carbonyl (C=O) groups excluding carboxylic acids is 2. The number of urea groups is 1. The lowest BCUT2D eigenvalue weighted by Gasteiger charge is -2.36. The lowest BCUT2D eigenvalue weighted by Crippen LogP contribution is -2.54. The van der Waals surface area contributed by atoms with Gasteiger partial charge in [0, 0.05) is 13.1 Å². The van der Waals surface area contributed by atoms with Crippen LogP contribution in [0.4, 0.5) is 20.6 Å². The number of rotatable bonds is 5. The highest BCUT2D eigenvalue weighted by Crippen LogP contribution is 2.37. The van der Waals surface area contributed by atoms with E-state index in [0.29, 0.717) is 17.4 Å². The van der Waals surface area contributed by atoms with Gasteiger partial charge in [0.05, 0.1) is 11.4 Å². The Morgan fingerprint density at radius 3 is 2.25 bits per heavy atom. The number of halogens is 1. The van der Waals surface area contributed by atoms with Crippen molar-refractivity contribution in [3.63, 3.8) is 0 Å². The normalized spacial score (nSPS) is 15.3. The molecular formula is C19H20FN3O4S. The third-order valence-electron chi connectivity index (χ3n) is 4.55. The van der Waals surface area contributed by atoms with E-state index in [1.807, 2.05) is 13.8 Å². The third kappa shape index (κ3) is 3.33. The summed E-state index contributed by atoms with van der Waals surface area (Å²) in [6.45, 7) is 4.29. The predicted molar refractivity (Wildman–Crippen MR) is 103 cm³/mol. The number of hydrogen-bond acceptors (Lipinski definition) is 4. The van der Waals surface area contributed by atoms with Gasteiger partial charge in [-0.15, -0.1) is 0 Å². The molecule has 0 atom stereocenters. The van der Waals surface area contributed by atoms with Gasteiger partial charge >= 0.3 is 6.03 Å². The van der Waals surface area contributed by atoms with Crippen LogP contribution in [-0.2, 0) is 14.8 Å². The molecule has 0 saturated heterocycles. The van der Waals surface area contributed by atoms with Crippen molar-refractivity contribution >= 4 is 33.3 Å². The number of para-hydroxylation sites is 1. The fourth-order valence-corrected chi connectivity index (χ4v) is 4.70. The zero-order chi connectivity index (χ0) is 20.5. The van der Waals surface area contributed by atoms with Gasteiger partial charge in [-0.25, -0.2) is 17.6 Å². The fourth-order valence-electron chi connectivity index (χ4n) is 3.10. The van der Waals surface area contributed by atoms with E-state index in [4.69, 9.17) is 0 Å². The third-order valence-corrected chi connectivity index (χ3v) is 6.30. The summed E-state index contributed by atoms with van der Waals surface area (Å²) in [6, 6.07) is 9.69. The fraction of sp³-hybridized carbons (Fsp3) is 0.263. The number of amides is 3. The van der Waals surface area contributed by atoms with Gasteiger partial charge in [0.2, 0.25) is 5.91 Å². The lowest BCUT2D eigenvalue weighted by atomic mass is 10.2. The summed E-state index contributed by atoms with van der Waals surface area (Å²) < 4.78 is 40.0. The first kappa shape index (κ1) is 19.8. The molecule has 1 aliphatic heterocycles. The van der Waals surface area contributed by atoms with E-state index in [1.54, 1.807) is 17.0 Å². The van der Waals surface area contributed by atoms with Crippen LogP contribution in [0.5, 0.6) is 0 Å². The zero-order valence-electron chi connectivity index (χ0n) is 15.5. The lowest BCUT2D eigenvalue weighted by molar-refractivity contribution is -0.129. The standard InChI is InChI=1S/C19H20FN3O4S/c1-3-21(4-2)18(24)13-22-16-7-5-6-8-17(16)28(26,27)23(19(22)25)15-11-9-14(20)10-12-15/h5-12H,3-4,13H2,1-2H3. The van der Waals surface area contributed by atoms with Crippen LogP contribution in [0.25, 0.3) is 0 Å². The van der Waals surface area contributed by atoms with Gasteiger partial charge in [-0.2, -0.15) is 4.31 Å². The van der Waals surface area contributed by atoms with Gasteiger partial charge in [-0.1, -0.05) is 12.1 Å². The average Bonchev–Trinajstić information content (AvgIpc) is 2.67. The van der Waals surface area contributed by atoms with E-state index >= 15 is 0 Å². The van der Waals surface area contributed by atoms with Crippen molar-refractivity contribution in [2.24, 2.45) is 0 Å². The Labute approximate surface area is 163 Å². The molecule has 0 saturated carbocycles. The molecule has 3 amide bonds. The van der Waals surface area contributed by atoms with Crippen molar-refractivity contribution in [2.45, 2.75) is 18.7 Å². The van der Waals surface area contributed by atoms with Crippen molar-refractivity contribution in [1.82, 2.24) is 4.90 Å². The molecule has 0 spiro atoms. The van der Waals surface area contributed by atoms with E-state index in [-0.39, 0.29) is 28.7 Å². The van der Waals surface area contributed by atoms with E-state index < -0.39 is 21.9 Å². The minimum Gasteiger partial charge on any atom is -0.342 e. The maximum Gasteiger partial charge on any atom is 0.343 e. The Bertz CT molecular complexity index is 1000. The number of anilines is 2. The molecule has 28 heavy (non-hydrogen) atoms. The minimum atomic E-state index is -4.20. The van der Waals surface area contributed by atoms with Crippen LogP contribution in [-0.4, -0.2) is 44.9 Å². The van der Waals surface area contributed by atoms with Crippen molar-refractivity contribution in [1.29, 1.82) is 0 Å². The number of benzene rings is 2. The first-order valence-electron chi connectivity index (χ1n) is 8.80. The van der Waals surface area contributed by atoms with Crippen molar-refractivity contribution in [2.75, 3.05) is 28.8 Å². The van der Waals surface area contributed by atoms with Gasteiger partial charge in [0.15, 0.2) is 0 Å². The van der Waals surface area contributed by atoms with Crippen LogP contribution in [0.15, 0.2) is 53.4 Å². The first-order valence-corrected chi connectivity index (χ1v) is 10.2. The molecule has 2 aromatic rings. The Morgan fingerprint density at radius 2 is 1.64 bits per heavy atom. The molecule has 1 aliphatic rings. The first-order chi connectivity index (χ1) is 13.3. The molecule has 0 radical (unpaired) electrons. The Balaban J connectivity index is 2.11. The van der Waals surface area contributed by atoms with E-state index in [2.05, 4.69) is 0 Å². The van der Waals surface area contributed by atoms with Gasteiger partial charge in [0.1, 0.15) is 17.3 Å². The highest BCUT2D eigenvalue weighted by Gasteiger charge is 2.43. The van der Waals surface area contributed by atoms with Crippen molar-refractivity contribution < 1.29 is 22.4 Å². The van der Waals surface area contributed by atoms with Crippen LogP contribution in [0.2, 0.25) is 0 Å². The maximum atomic E-state index is 13.3. The Hall–Kier alpha value is -2.94. The molecule has 3 rings (SSSR count). The van der Waals surface area contributed by atoms with Crippen LogP contribution in [0, 0.1) is 5.82 Å². The molecule has 7 nitrogen and oxygen atoms in total. The van der Waals surface area contributed by atoms with Crippen LogP contribution < -0.4 is 9.21 Å². The second-order valence-corrected chi connectivity index (χ2v) is 7.90. The molecule has 0 aromatic heterocycles. The number of likely N-dealkylation sites (N-methyl/N-ethyl adjacent to an activating group) is 1. The molecule has 0 fully saturated rings. The Morgan fingerprint density at radius 1 is 1.04 bits per heavy atom. The molecule has 9 heteroatoms. The van der Waals surface area contributed by atoms with Crippen molar-refractivity contribution in [3.8, 4) is 0 Å². The van der Waals surface area contributed by atoms with Crippen LogP contribution in [0.1, 0.15) is 13.8 Å². The molecular weight excluding hydrogens is 385 g/mol. The zero-order valence-corrected chi connectivity index (χ0v) is 16.3. The summed E-state index contributed by atoms with van der Waals surface area (Å²) in [4.78, 5) is 28.3. The van der Waals surface area contributed by atoms with Gasteiger partial charge in [-0.3, -0.25) is 9.69 Å². The predicted octanol–water partition coefficient (Wildman–Crippen LogP) is 2.83. The van der Waals surface area contributed by atoms with Crippen LogP contribution in [0.3, 0.4) is 0 Å². The molecule has 0 aliphatic carbocycles. The summed E-state index contributed by atoms with van der Waals surface area (Å²) in [5, 5.41) is 0. The SMILES string of the molecule is CCN(CC)C(=O)CN1C(=O)N(c2ccc(F)cc2)S(=O)(=O)c2ccccc21. The quantitative estimate of drug-likeness (QED) is 0.766. The van der Waals surface area contributed by atoms with Crippen LogP contribution >= 0.6 is 0 Å². The molecule has 1 heterocycles. The summed E-state index contributed by atoms with van der Waals surface area (Å²) >= 11 is 0. The summed E-state index contributed by atoms with van der Waals surface area (Å²) in [5.41, 5.74) is 0.146. The van der Waals surface area contributed by atoms with E-state index in [9.17, 15) is 22.4 Å². The summed E-state index contributed by atoms with van der Waals surface area (Å²) in [7, 11) is -4.20. The second-order valence-electron chi connectivity index (χ2n) is 6.15. The smallest absolute Gasteiger partial charge is 0.342 e. The molecule has 0 N–H and O–H groups in total. The monoisotopic (exact) mass is 405 g/mol. The summed E-state index contributed by atoms with van der Waals surface area (Å²) in [5.74, 6) is -0.855. The largest absolute Gasteiger partial charge is 0.343 e. The van der Waals surface area contributed by atoms with Crippen molar-refractivity contribution in [3.05, 3.63) is 54.3 Å². The van der Waals surface area contributed by atoms with E-state index in [1.165, 1.54) is 24.3 Å². The maximum absolute atomic E-state index is 13.3. The number of hydrogen-bond donors (Lipinski definition) is 0. The minimum absolute atomic E-state index is 0.00110. The van der Waals surface area contributed by atoms with Gasteiger partial charge in [-0.05, 0) is 50.2 Å². The Kier molecular flexibility index (Phi) is 5.37. The highest BCUT2D eigenvalue weighted by molar-refractivity contribution is 7.94. The topological polar surface area (TPSA) is 78.0 Å². The van der Waals surface area contributed by atoms with Gasteiger partial charge in [0.25, 0.3) is 10.0 Å². The summed E-state index contributed by atoms with van der Waals surface area (Å²) in [6.07, 6.45) is 0. The number of carbonyl (C=O) groups is 2. The second kappa shape index (κ2) is 7.59. The average molecular weight is 405 g/mol. The molecule has 0 unspecified atom stereocenters. The number of sulfonamides is 1. The molecule has 2 aromatic carbocycles. The number of fused-ring (bicyclic) bond motifs is 1. The highest BCUT2D eigenvalue weighted by atomic mass is 32.2. The molecule has 0 bridgehead atoms. The van der Waals surface area contributed by atoms with Gasteiger partial charge < -0.3 is 4.90 Å². The van der Waals surface area contributed by atoms with E-state index in [0.717, 1.165) is 17.0 Å². The number of nitrogens with zero attached hydrogens (tertiary/aromatic N) is 3.